The number of likely N-dealkylation sites (N-methyl/N-ethyl adjacent to an activating group) is 1. The van der Waals surface area contributed by atoms with Crippen molar-refractivity contribution in [2.75, 3.05) is 31.6 Å². The van der Waals surface area contributed by atoms with Gasteiger partial charge in [0.25, 0.3) is 5.91 Å². The van der Waals surface area contributed by atoms with E-state index in [0.717, 1.165) is 25.2 Å². The van der Waals surface area contributed by atoms with Crippen LogP contribution in [0.15, 0.2) is 24.3 Å². The standard InChI is InChI=1S/C19H26FN5O2/c1-12(2)11-25-17(26)15-16(22(3)19(25)27)21-18-23(9-4-10-24(15)18)14-7-5-13(20)6-8-14/h5-8,12,15-16,18,21H,4,9-11H2,1-3H3. The van der Waals surface area contributed by atoms with Crippen LogP contribution >= 0.6 is 0 Å². The molecule has 3 amide bonds. The van der Waals surface area contributed by atoms with E-state index in [0.29, 0.717) is 6.54 Å². The fourth-order valence-electron chi connectivity index (χ4n) is 4.35. The summed E-state index contributed by atoms with van der Waals surface area (Å²) in [6, 6.07) is 5.74. The Hall–Kier alpha value is -2.19. The Kier molecular flexibility index (Phi) is 4.55. The maximum atomic E-state index is 13.3. The maximum Gasteiger partial charge on any atom is 0.327 e. The number of anilines is 1. The smallest absolute Gasteiger partial charge is 0.327 e. The molecule has 4 rings (SSSR count). The summed E-state index contributed by atoms with van der Waals surface area (Å²) >= 11 is 0. The molecule has 7 nitrogen and oxygen atoms in total. The molecule has 3 aliphatic heterocycles. The van der Waals surface area contributed by atoms with Gasteiger partial charge in [-0.1, -0.05) is 13.8 Å². The van der Waals surface area contributed by atoms with Gasteiger partial charge in [-0.2, -0.15) is 0 Å². The fraction of sp³-hybridized carbons (Fsp3) is 0.579. The zero-order valence-electron chi connectivity index (χ0n) is 15.9. The number of fused-ring (bicyclic) bond motifs is 3. The van der Waals surface area contributed by atoms with Crippen molar-refractivity contribution < 1.29 is 14.0 Å². The number of nitrogens with one attached hydrogen (secondary N) is 1. The fourth-order valence-corrected chi connectivity index (χ4v) is 4.35. The molecule has 1 aromatic rings. The van der Waals surface area contributed by atoms with Crippen molar-refractivity contribution in [1.82, 2.24) is 20.0 Å². The van der Waals surface area contributed by atoms with Gasteiger partial charge < -0.3 is 9.80 Å². The molecule has 146 valence electrons. The lowest BCUT2D eigenvalue weighted by atomic mass is 10.1. The highest BCUT2D eigenvalue weighted by atomic mass is 19.1. The summed E-state index contributed by atoms with van der Waals surface area (Å²) in [7, 11) is 1.74. The van der Waals surface area contributed by atoms with E-state index in [1.54, 1.807) is 24.1 Å². The number of carbonyl (C=O) groups is 2. The third-order valence-electron chi connectivity index (χ3n) is 5.58. The molecule has 0 aliphatic carbocycles. The van der Waals surface area contributed by atoms with Gasteiger partial charge in [0.05, 0.1) is 0 Å². The molecule has 0 saturated carbocycles. The van der Waals surface area contributed by atoms with Crippen molar-refractivity contribution in [3.63, 3.8) is 0 Å². The Morgan fingerprint density at radius 3 is 2.56 bits per heavy atom. The van der Waals surface area contributed by atoms with Crippen LogP contribution in [0.1, 0.15) is 20.3 Å². The van der Waals surface area contributed by atoms with E-state index in [1.807, 2.05) is 13.8 Å². The first-order valence-electron chi connectivity index (χ1n) is 9.50. The number of hydrogen-bond acceptors (Lipinski definition) is 5. The molecule has 1 N–H and O–H groups in total. The summed E-state index contributed by atoms with van der Waals surface area (Å²) in [4.78, 5) is 33.2. The minimum absolute atomic E-state index is 0.132. The summed E-state index contributed by atoms with van der Waals surface area (Å²) in [5.74, 6) is -0.191. The Balaban J connectivity index is 1.64. The van der Waals surface area contributed by atoms with Crippen LogP contribution in [0.5, 0.6) is 0 Å². The van der Waals surface area contributed by atoms with Crippen LogP contribution in [-0.4, -0.2) is 71.8 Å². The Morgan fingerprint density at radius 1 is 1.19 bits per heavy atom. The van der Waals surface area contributed by atoms with Crippen LogP contribution in [0.2, 0.25) is 0 Å². The monoisotopic (exact) mass is 375 g/mol. The molecular weight excluding hydrogens is 349 g/mol. The van der Waals surface area contributed by atoms with Crippen LogP contribution in [0.25, 0.3) is 0 Å². The first-order chi connectivity index (χ1) is 12.9. The van der Waals surface area contributed by atoms with E-state index in [2.05, 4.69) is 15.1 Å². The molecule has 8 heteroatoms. The van der Waals surface area contributed by atoms with E-state index in [-0.39, 0.29) is 36.1 Å². The van der Waals surface area contributed by atoms with Crippen LogP contribution in [0, 0.1) is 11.7 Å². The molecular formula is C19H26FN5O2. The number of carbonyl (C=O) groups excluding carboxylic acids is 2. The van der Waals surface area contributed by atoms with Gasteiger partial charge in [0.15, 0.2) is 0 Å². The topological polar surface area (TPSA) is 59.1 Å². The second-order valence-corrected chi connectivity index (χ2v) is 7.93. The van der Waals surface area contributed by atoms with Gasteiger partial charge in [0, 0.05) is 32.4 Å². The normalized spacial score (nSPS) is 28.8. The van der Waals surface area contributed by atoms with E-state index in [9.17, 15) is 14.0 Å². The quantitative estimate of drug-likeness (QED) is 0.867. The Bertz CT molecular complexity index is 740. The molecule has 27 heavy (non-hydrogen) atoms. The predicted molar refractivity (Wildman–Crippen MR) is 99.3 cm³/mol. The largest absolute Gasteiger partial charge is 0.343 e. The number of amides is 3. The first kappa shape index (κ1) is 18.2. The van der Waals surface area contributed by atoms with Gasteiger partial charge in [-0.25, -0.2) is 9.18 Å². The third-order valence-corrected chi connectivity index (χ3v) is 5.58. The molecule has 0 bridgehead atoms. The SMILES string of the molecule is CC(C)CN1C(=O)C2C(NC3N(c4ccc(F)cc4)CCCN23)N(C)C1=O. The predicted octanol–water partition coefficient (Wildman–Crippen LogP) is 1.47. The molecule has 3 heterocycles. The summed E-state index contributed by atoms with van der Waals surface area (Å²) in [5.41, 5.74) is 0.901. The summed E-state index contributed by atoms with van der Waals surface area (Å²) in [5, 5.41) is 3.46. The summed E-state index contributed by atoms with van der Waals surface area (Å²) < 4.78 is 13.3. The maximum absolute atomic E-state index is 13.3. The Labute approximate surface area is 158 Å². The average Bonchev–Trinajstić information content (AvgIpc) is 3.04. The minimum Gasteiger partial charge on any atom is -0.343 e. The highest BCUT2D eigenvalue weighted by molar-refractivity contribution is 6.00. The zero-order chi connectivity index (χ0) is 19.3. The second kappa shape index (κ2) is 6.76. The molecule has 0 aromatic heterocycles. The van der Waals surface area contributed by atoms with Gasteiger partial charge in [-0.3, -0.25) is 19.9 Å². The van der Waals surface area contributed by atoms with Gasteiger partial charge in [-0.15, -0.1) is 0 Å². The summed E-state index contributed by atoms with van der Waals surface area (Å²) in [6.07, 6.45) is 0.338. The lowest BCUT2D eigenvalue weighted by Gasteiger charge is -2.44. The van der Waals surface area contributed by atoms with E-state index >= 15 is 0 Å². The van der Waals surface area contributed by atoms with E-state index in [1.165, 1.54) is 17.0 Å². The number of rotatable bonds is 3. The van der Waals surface area contributed by atoms with Gasteiger partial charge in [-0.05, 0) is 36.6 Å². The molecule has 3 unspecified atom stereocenters. The van der Waals surface area contributed by atoms with Gasteiger partial charge in [0.2, 0.25) is 0 Å². The van der Waals surface area contributed by atoms with Crippen molar-refractivity contribution in [2.45, 2.75) is 38.8 Å². The van der Waals surface area contributed by atoms with Crippen molar-refractivity contribution in [3.05, 3.63) is 30.1 Å². The third kappa shape index (κ3) is 2.96. The average molecular weight is 375 g/mol. The van der Waals surface area contributed by atoms with Crippen LogP contribution in [0.3, 0.4) is 0 Å². The molecule has 3 aliphatic rings. The number of benzene rings is 1. The molecule has 0 spiro atoms. The number of nitrogens with zero attached hydrogens (tertiary/aromatic N) is 4. The van der Waals surface area contributed by atoms with E-state index < -0.39 is 6.04 Å². The van der Waals surface area contributed by atoms with Crippen molar-refractivity contribution in [3.8, 4) is 0 Å². The highest BCUT2D eigenvalue weighted by Gasteiger charge is 2.56. The van der Waals surface area contributed by atoms with E-state index in [4.69, 9.17) is 0 Å². The highest BCUT2D eigenvalue weighted by Crippen LogP contribution is 2.33. The number of urea groups is 1. The molecule has 3 fully saturated rings. The van der Waals surface area contributed by atoms with Gasteiger partial charge in [0.1, 0.15) is 24.3 Å². The zero-order valence-corrected chi connectivity index (χ0v) is 15.9. The number of halogens is 1. The van der Waals surface area contributed by atoms with Crippen LogP contribution in [-0.2, 0) is 4.79 Å². The van der Waals surface area contributed by atoms with Crippen molar-refractivity contribution >= 4 is 17.6 Å². The molecule has 0 radical (unpaired) electrons. The lowest BCUT2D eigenvalue weighted by molar-refractivity contribution is -0.139. The van der Waals surface area contributed by atoms with Crippen molar-refractivity contribution in [2.24, 2.45) is 5.92 Å². The Morgan fingerprint density at radius 2 is 1.89 bits per heavy atom. The van der Waals surface area contributed by atoms with Gasteiger partial charge >= 0.3 is 6.03 Å². The molecule has 3 atom stereocenters. The lowest BCUT2D eigenvalue weighted by Crippen LogP contribution is -2.66. The van der Waals surface area contributed by atoms with Crippen molar-refractivity contribution in [1.29, 1.82) is 0 Å². The number of hydrogen-bond donors (Lipinski definition) is 1. The second-order valence-electron chi connectivity index (χ2n) is 7.93. The summed E-state index contributed by atoms with van der Waals surface area (Å²) in [6.45, 7) is 6.01. The van der Waals surface area contributed by atoms with Crippen LogP contribution in [0.4, 0.5) is 14.9 Å². The van der Waals surface area contributed by atoms with Crippen LogP contribution < -0.4 is 10.2 Å². The number of imide groups is 1. The molecule has 3 saturated heterocycles. The minimum atomic E-state index is -0.403. The molecule has 1 aromatic carbocycles. The first-order valence-corrected chi connectivity index (χ1v) is 9.50.